The lowest BCUT2D eigenvalue weighted by molar-refractivity contribution is 0.745. The Morgan fingerprint density at radius 3 is 0.868 bits per heavy atom. The van der Waals surface area contributed by atoms with Crippen LogP contribution in [0.3, 0.4) is 0 Å². The van der Waals surface area contributed by atoms with E-state index in [0.717, 1.165) is 6.42 Å². The second-order valence-electron chi connectivity index (χ2n) is 9.71. The predicted molar refractivity (Wildman–Crippen MR) is 159 cm³/mol. The van der Waals surface area contributed by atoms with Gasteiger partial charge in [0.15, 0.2) is 0 Å². The molecule has 0 saturated carbocycles. The Morgan fingerprint density at radius 2 is 0.553 bits per heavy atom. The van der Waals surface area contributed by atoms with E-state index in [1.807, 2.05) is 0 Å². The molecule has 0 heteroatoms. The van der Waals surface area contributed by atoms with Crippen molar-refractivity contribution in [2.45, 2.75) is 11.8 Å². The van der Waals surface area contributed by atoms with Gasteiger partial charge in [-0.3, -0.25) is 0 Å². The van der Waals surface area contributed by atoms with Crippen LogP contribution in [0.25, 0.3) is 11.1 Å². The van der Waals surface area contributed by atoms with Crippen LogP contribution in [0.5, 0.6) is 0 Å². The van der Waals surface area contributed by atoms with E-state index in [1.54, 1.807) is 0 Å². The van der Waals surface area contributed by atoms with Crippen molar-refractivity contribution in [3.63, 3.8) is 0 Å². The van der Waals surface area contributed by atoms with Gasteiger partial charge in [0, 0.05) is 0 Å². The quantitative estimate of drug-likeness (QED) is 0.217. The summed E-state index contributed by atoms with van der Waals surface area (Å²) >= 11 is 0. The fraction of sp³-hybridized carbons (Fsp3) is 0.0526. The van der Waals surface area contributed by atoms with Crippen LogP contribution in [0.4, 0.5) is 0 Å². The summed E-state index contributed by atoms with van der Waals surface area (Å²) in [6.07, 6.45) is 1.10. The largest absolute Gasteiger partial charge is 0.0701 e. The Labute approximate surface area is 225 Å². The Bertz CT molecular complexity index is 1390. The molecule has 6 aromatic carbocycles. The van der Waals surface area contributed by atoms with E-state index in [9.17, 15) is 0 Å². The lowest BCUT2D eigenvalue weighted by Gasteiger charge is -2.36. The van der Waals surface area contributed by atoms with Gasteiger partial charge in [0.2, 0.25) is 0 Å². The van der Waals surface area contributed by atoms with Crippen molar-refractivity contribution in [3.05, 3.63) is 203 Å². The standard InChI is InChI=1S/C25H20.C13H10/c1-5-13-21(14-6-1)25(22-15-7-2-8-16-22,23-17-9-3-10-18-23)24-19-11-4-12-20-24;1-3-7-12-10(5-1)9-11-6-2-4-8-13(11)12/h1-20H;1-8H,9H2. The maximum atomic E-state index is 2.23. The molecule has 0 aliphatic heterocycles. The summed E-state index contributed by atoms with van der Waals surface area (Å²) in [4.78, 5) is 0. The molecular formula is C38H30. The molecule has 0 saturated heterocycles. The van der Waals surface area contributed by atoms with Crippen LogP contribution in [0, 0.1) is 0 Å². The van der Waals surface area contributed by atoms with Crippen LogP contribution in [0.2, 0.25) is 0 Å². The molecule has 6 aromatic rings. The highest BCUT2D eigenvalue weighted by atomic mass is 14.4. The van der Waals surface area contributed by atoms with Crippen molar-refractivity contribution in [1.82, 2.24) is 0 Å². The first kappa shape index (κ1) is 23.7. The van der Waals surface area contributed by atoms with Gasteiger partial charge in [-0.05, 0) is 50.9 Å². The van der Waals surface area contributed by atoms with E-state index in [-0.39, 0.29) is 5.41 Å². The van der Waals surface area contributed by atoms with Gasteiger partial charge in [-0.1, -0.05) is 170 Å². The van der Waals surface area contributed by atoms with Crippen molar-refractivity contribution in [3.8, 4) is 11.1 Å². The van der Waals surface area contributed by atoms with Gasteiger partial charge in [-0.15, -0.1) is 0 Å². The van der Waals surface area contributed by atoms with E-state index in [2.05, 4.69) is 170 Å². The van der Waals surface area contributed by atoms with E-state index < -0.39 is 0 Å². The Morgan fingerprint density at radius 1 is 0.289 bits per heavy atom. The van der Waals surface area contributed by atoms with Gasteiger partial charge >= 0.3 is 0 Å². The van der Waals surface area contributed by atoms with Crippen LogP contribution in [-0.4, -0.2) is 0 Å². The molecule has 1 aliphatic carbocycles. The maximum Gasteiger partial charge on any atom is 0.0701 e. The predicted octanol–water partition coefficient (Wildman–Crippen LogP) is 9.33. The first-order valence-electron chi connectivity index (χ1n) is 13.3. The summed E-state index contributed by atoms with van der Waals surface area (Å²) in [7, 11) is 0. The van der Waals surface area contributed by atoms with E-state index in [4.69, 9.17) is 0 Å². The van der Waals surface area contributed by atoms with Gasteiger partial charge in [-0.2, -0.15) is 0 Å². The summed E-state index contributed by atoms with van der Waals surface area (Å²) in [5.41, 5.74) is 10.5. The molecule has 0 unspecified atom stereocenters. The molecule has 0 fully saturated rings. The third-order valence-corrected chi connectivity index (χ3v) is 7.53. The van der Waals surface area contributed by atoms with Crippen molar-refractivity contribution in [1.29, 1.82) is 0 Å². The van der Waals surface area contributed by atoms with Crippen LogP contribution in [0.15, 0.2) is 170 Å². The number of fused-ring (bicyclic) bond motifs is 3. The monoisotopic (exact) mass is 486 g/mol. The molecule has 0 spiro atoms. The highest BCUT2D eigenvalue weighted by Crippen LogP contribution is 2.44. The highest BCUT2D eigenvalue weighted by Gasteiger charge is 2.37. The van der Waals surface area contributed by atoms with Crippen molar-refractivity contribution < 1.29 is 0 Å². The van der Waals surface area contributed by atoms with Crippen LogP contribution < -0.4 is 0 Å². The molecule has 7 rings (SSSR count). The lowest BCUT2D eigenvalue weighted by Crippen LogP contribution is -2.30. The molecule has 0 atom stereocenters. The number of rotatable bonds is 4. The Balaban J connectivity index is 0.000000169. The maximum absolute atomic E-state index is 2.23. The fourth-order valence-corrected chi connectivity index (χ4v) is 5.83. The minimum absolute atomic E-state index is 0.328. The third-order valence-electron chi connectivity index (χ3n) is 7.53. The minimum atomic E-state index is -0.328. The average molecular weight is 487 g/mol. The van der Waals surface area contributed by atoms with Crippen molar-refractivity contribution in [2.75, 3.05) is 0 Å². The molecular weight excluding hydrogens is 456 g/mol. The number of benzene rings is 6. The zero-order valence-electron chi connectivity index (χ0n) is 21.4. The Kier molecular flexibility index (Phi) is 6.70. The van der Waals surface area contributed by atoms with Crippen LogP contribution in [0.1, 0.15) is 33.4 Å². The zero-order chi connectivity index (χ0) is 25.6. The molecule has 1 aliphatic rings. The molecule has 38 heavy (non-hydrogen) atoms. The number of hydrogen-bond acceptors (Lipinski definition) is 0. The molecule has 0 radical (unpaired) electrons. The van der Waals surface area contributed by atoms with Crippen molar-refractivity contribution >= 4 is 0 Å². The smallest absolute Gasteiger partial charge is 0.0622 e. The second kappa shape index (κ2) is 10.7. The van der Waals surface area contributed by atoms with Gasteiger partial charge in [0.1, 0.15) is 0 Å². The summed E-state index contributed by atoms with van der Waals surface area (Å²) in [6, 6.07) is 60.4. The minimum Gasteiger partial charge on any atom is -0.0622 e. The first-order valence-corrected chi connectivity index (χ1v) is 13.3. The van der Waals surface area contributed by atoms with E-state index in [1.165, 1.54) is 44.5 Å². The molecule has 0 nitrogen and oxygen atoms in total. The molecule has 0 N–H and O–H groups in total. The second-order valence-corrected chi connectivity index (χ2v) is 9.71. The SMILES string of the molecule is c1ccc(C(c2ccccc2)(c2ccccc2)c2ccccc2)cc1.c1ccc2c(c1)Cc1ccccc1-2. The van der Waals surface area contributed by atoms with Crippen LogP contribution >= 0.6 is 0 Å². The van der Waals surface area contributed by atoms with Gasteiger partial charge in [-0.25, -0.2) is 0 Å². The van der Waals surface area contributed by atoms with Gasteiger partial charge in [0.05, 0.1) is 5.41 Å². The van der Waals surface area contributed by atoms with E-state index in [0.29, 0.717) is 0 Å². The zero-order valence-corrected chi connectivity index (χ0v) is 21.4. The topological polar surface area (TPSA) is 0 Å². The first-order chi connectivity index (χ1) is 18.9. The van der Waals surface area contributed by atoms with Gasteiger partial charge in [0.25, 0.3) is 0 Å². The molecule has 0 heterocycles. The molecule has 182 valence electrons. The fourth-order valence-electron chi connectivity index (χ4n) is 5.83. The van der Waals surface area contributed by atoms with Gasteiger partial charge < -0.3 is 0 Å². The highest BCUT2D eigenvalue weighted by molar-refractivity contribution is 5.76. The van der Waals surface area contributed by atoms with Crippen molar-refractivity contribution in [2.24, 2.45) is 0 Å². The number of hydrogen-bond donors (Lipinski definition) is 0. The summed E-state index contributed by atoms with van der Waals surface area (Å²) in [6.45, 7) is 0. The average Bonchev–Trinajstić information content (AvgIpc) is 3.39. The molecule has 0 aromatic heterocycles. The molecule has 0 bridgehead atoms. The van der Waals surface area contributed by atoms with E-state index >= 15 is 0 Å². The Hall–Kier alpha value is -4.68. The summed E-state index contributed by atoms with van der Waals surface area (Å²) < 4.78 is 0. The molecule has 0 amide bonds. The summed E-state index contributed by atoms with van der Waals surface area (Å²) in [5.74, 6) is 0. The normalized spacial score (nSPS) is 11.6. The summed E-state index contributed by atoms with van der Waals surface area (Å²) in [5, 5.41) is 0. The van der Waals surface area contributed by atoms with Crippen LogP contribution in [-0.2, 0) is 11.8 Å². The lowest BCUT2D eigenvalue weighted by atomic mass is 9.65. The third kappa shape index (κ3) is 4.35.